The van der Waals surface area contributed by atoms with Gasteiger partial charge in [-0.25, -0.2) is 0 Å². The fraction of sp³-hybridized carbons (Fsp3) is 0.714. The second kappa shape index (κ2) is 40.1. The van der Waals surface area contributed by atoms with Gasteiger partial charge in [0, 0.05) is 5.97 Å². The number of aryl methyl sites for hydroxylation is 1. The average Bonchev–Trinajstić information content (AvgIpc) is 2.94. The Hall–Kier alpha value is -1.04. The summed E-state index contributed by atoms with van der Waals surface area (Å²) in [4.78, 5) is 20.6. The molecule has 0 heterocycles. The van der Waals surface area contributed by atoms with Crippen molar-refractivity contribution in [3.63, 3.8) is 0 Å². The van der Waals surface area contributed by atoms with Crippen LogP contribution in [0.4, 0.5) is 0 Å². The third-order valence-corrected chi connectivity index (χ3v) is 6.17. The molecule has 1 rings (SSSR count). The van der Waals surface area contributed by atoms with Crippen molar-refractivity contribution in [3.8, 4) is 0 Å². The van der Waals surface area contributed by atoms with E-state index < -0.39 is 11.9 Å². The van der Waals surface area contributed by atoms with Gasteiger partial charge in [-0.3, -0.25) is 0 Å². The van der Waals surface area contributed by atoms with E-state index in [1.54, 1.807) is 12.1 Å². The van der Waals surface area contributed by atoms with Crippen LogP contribution in [0.15, 0.2) is 24.3 Å². The molecule has 0 atom stereocenters. The van der Waals surface area contributed by atoms with E-state index in [0.29, 0.717) is 0 Å². The Bertz CT molecular complexity index is 608. The number of aliphatic carboxylic acids is 1. The maximum Gasteiger partial charge on any atom is 2.00 e. The van der Waals surface area contributed by atoms with Gasteiger partial charge in [0.25, 0.3) is 0 Å². The van der Waals surface area contributed by atoms with E-state index in [1.807, 2.05) is 12.1 Å². The number of carbonyl (C=O) groups is 2. The van der Waals surface area contributed by atoms with Gasteiger partial charge in [-0.2, -0.15) is 0 Å². The Morgan fingerprint density at radius 1 is 0.575 bits per heavy atom. The van der Waals surface area contributed by atoms with Gasteiger partial charge in [0.05, 0.1) is 5.97 Å². The molecule has 0 fully saturated rings. The molecule has 0 unspecified atom stereocenters. The second-order valence-electron chi connectivity index (χ2n) is 10.2. The molecular weight excluding hydrogens is 603 g/mol. The molecule has 0 aliphatic carbocycles. The molecule has 230 valence electrons. The molecule has 4 radical (unpaired) electrons. The Kier molecular flexibility index (Phi) is 46.0. The van der Waals surface area contributed by atoms with Crippen molar-refractivity contribution < 1.29 is 19.8 Å². The second-order valence-corrected chi connectivity index (χ2v) is 10.2. The van der Waals surface area contributed by atoms with E-state index in [4.69, 9.17) is 0 Å². The van der Waals surface area contributed by atoms with Crippen LogP contribution < -0.4 is 10.2 Å². The summed E-state index contributed by atoms with van der Waals surface area (Å²) in [5.74, 6) is -2.02. The van der Waals surface area contributed by atoms with Crippen LogP contribution in [0.1, 0.15) is 172 Å². The summed E-state index contributed by atoms with van der Waals surface area (Å²) in [6, 6.07) is 6.82. The smallest absolute Gasteiger partial charge is 0.550 e. The minimum atomic E-state index is -1.11. The number of aromatic carboxylic acids is 1. The maximum absolute atomic E-state index is 10.4. The Morgan fingerprint density at radius 2 is 0.925 bits per heavy atom. The van der Waals surface area contributed by atoms with Gasteiger partial charge in [-0.1, -0.05) is 181 Å². The van der Waals surface area contributed by atoms with E-state index in [1.165, 1.54) is 95.5 Å². The van der Waals surface area contributed by atoms with Crippen LogP contribution in [-0.2, 0) is 11.2 Å². The van der Waals surface area contributed by atoms with Crippen LogP contribution in [0.3, 0.4) is 0 Å². The molecule has 4 nitrogen and oxygen atoms in total. The van der Waals surface area contributed by atoms with Gasteiger partial charge < -0.3 is 19.8 Å². The van der Waals surface area contributed by atoms with Crippen LogP contribution in [0.5, 0.6) is 0 Å². The summed E-state index contributed by atoms with van der Waals surface area (Å²) in [6.07, 6.45) is 25.0. The number of benzene rings is 1. The molecule has 40 heavy (non-hydrogen) atoms. The summed E-state index contributed by atoms with van der Waals surface area (Å²) in [6.45, 7) is 15.8. The summed E-state index contributed by atoms with van der Waals surface area (Å²) < 4.78 is 0. The zero-order valence-electron chi connectivity index (χ0n) is 26.7. The normalized spacial score (nSPS) is 9.55. The topological polar surface area (TPSA) is 80.3 Å². The van der Waals surface area contributed by atoms with Gasteiger partial charge in [0.1, 0.15) is 0 Å². The summed E-state index contributed by atoms with van der Waals surface area (Å²) >= 11 is 0. The molecule has 0 amide bonds. The van der Waals surface area contributed by atoms with Gasteiger partial charge in [-0.05, 0) is 30.4 Å². The fourth-order valence-electron chi connectivity index (χ4n) is 3.56. The predicted molar refractivity (Wildman–Crippen MR) is 171 cm³/mol. The van der Waals surface area contributed by atoms with Gasteiger partial charge in [-0.15, -0.1) is 0 Å². The quantitative estimate of drug-likeness (QED) is 0.103. The van der Waals surface area contributed by atoms with E-state index >= 15 is 0 Å². The molecular formula is C35H62O4Sn. The molecule has 0 aliphatic rings. The molecule has 0 bridgehead atoms. The van der Waals surface area contributed by atoms with Crippen LogP contribution >= 0.6 is 0 Å². The average molecular weight is 666 g/mol. The first kappa shape index (κ1) is 45.9. The van der Waals surface area contributed by atoms with Gasteiger partial charge in [0.2, 0.25) is 0 Å². The number of hydrogen-bond acceptors (Lipinski definition) is 4. The van der Waals surface area contributed by atoms with Crippen LogP contribution in [-0.4, -0.2) is 35.8 Å². The van der Waals surface area contributed by atoms with E-state index in [2.05, 4.69) is 41.5 Å². The minimum absolute atomic E-state index is 0. The van der Waals surface area contributed by atoms with Crippen molar-refractivity contribution in [2.24, 2.45) is 0 Å². The Labute approximate surface area is 266 Å². The molecule has 0 aliphatic heterocycles. The summed E-state index contributed by atoms with van der Waals surface area (Å²) in [5, 5.41) is 20.6. The third kappa shape index (κ3) is 41.4. The number of carboxylic acids is 2. The SMILES string of the molecule is CCCCCCCCCCCCCCCCC(=O)[O-].CCCc1ccc(C(=O)[O-])cc1.[CH2]CCC.[CH2]CCC.[Sn+2]. The van der Waals surface area contributed by atoms with Crippen molar-refractivity contribution in [3.05, 3.63) is 49.2 Å². The van der Waals surface area contributed by atoms with Crippen molar-refractivity contribution in [2.45, 2.75) is 163 Å². The van der Waals surface area contributed by atoms with Crippen LogP contribution in [0, 0.1) is 13.8 Å². The molecule has 0 aromatic heterocycles. The van der Waals surface area contributed by atoms with Crippen LogP contribution in [0.2, 0.25) is 0 Å². The van der Waals surface area contributed by atoms with Crippen molar-refractivity contribution in [1.82, 2.24) is 0 Å². The number of carboxylic acid groups (broad SMARTS) is 2. The van der Waals surface area contributed by atoms with Crippen LogP contribution in [0.25, 0.3) is 0 Å². The zero-order valence-corrected chi connectivity index (χ0v) is 29.6. The van der Waals surface area contributed by atoms with E-state index in [9.17, 15) is 19.8 Å². The molecule has 1 aromatic rings. The number of carbonyl (C=O) groups excluding carboxylic acids is 2. The van der Waals surface area contributed by atoms with E-state index in [-0.39, 0.29) is 35.9 Å². The summed E-state index contributed by atoms with van der Waals surface area (Å²) in [7, 11) is 0. The predicted octanol–water partition coefficient (Wildman–Crippen LogP) is 8.47. The maximum atomic E-state index is 10.4. The van der Waals surface area contributed by atoms with Gasteiger partial charge >= 0.3 is 23.9 Å². The number of hydrogen-bond donors (Lipinski definition) is 0. The third-order valence-electron chi connectivity index (χ3n) is 6.17. The van der Waals surface area contributed by atoms with Crippen molar-refractivity contribution in [1.29, 1.82) is 0 Å². The molecule has 0 saturated heterocycles. The monoisotopic (exact) mass is 666 g/mol. The minimum Gasteiger partial charge on any atom is -0.550 e. The molecule has 0 saturated carbocycles. The largest absolute Gasteiger partial charge is 2.00 e. The molecule has 5 heteroatoms. The number of unbranched alkanes of at least 4 members (excludes halogenated alkanes) is 15. The Morgan fingerprint density at radius 3 is 1.20 bits per heavy atom. The standard InChI is InChI=1S/C17H34O2.C10H12O2.2C4H9.Sn/c1-2-3-4-5-6-7-8-9-10-11-12-13-14-15-16-17(18)19;1-2-3-8-4-6-9(7-5-8)10(11)12;2*1-3-4-2;/h2-16H2,1H3,(H,18,19);4-7H,2-3H2,1H3,(H,11,12);2*1,3-4H2,2H3;/q;;;;+2/p-2. The fourth-order valence-corrected chi connectivity index (χ4v) is 3.56. The first-order chi connectivity index (χ1) is 18.8. The number of rotatable bonds is 20. The molecule has 0 spiro atoms. The molecule has 1 aromatic carbocycles. The molecule has 0 N–H and O–H groups in total. The first-order valence-corrected chi connectivity index (χ1v) is 15.9. The Balaban J connectivity index is -0.000000261. The van der Waals surface area contributed by atoms with E-state index in [0.717, 1.165) is 38.5 Å². The van der Waals surface area contributed by atoms with Gasteiger partial charge in [0.15, 0.2) is 0 Å². The first-order valence-electron chi connectivity index (χ1n) is 15.9. The zero-order chi connectivity index (χ0) is 30.0. The van der Waals surface area contributed by atoms with Crippen molar-refractivity contribution in [2.75, 3.05) is 0 Å². The van der Waals surface area contributed by atoms with Crippen molar-refractivity contribution >= 4 is 35.8 Å². The summed E-state index contributed by atoms with van der Waals surface area (Å²) in [5.41, 5.74) is 1.41.